The molecule has 0 spiro atoms. The number of carbonyl (C=O) groups excluding carboxylic acids is 2. The van der Waals surface area contributed by atoms with Crippen LogP contribution in [0.1, 0.15) is 26.2 Å². The van der Waals surface area contributed by atoms with Gasteiger partial charge < -0.3 is 14.7 Å². The van der Waals surface area contributed by atoms with E-state index in [0.29, 0.717) is 12.6 Å². The first-order valence-corrected chi connectivity index (χ1v) is 7.02. The lowest BCUT2D eigenvalue weighted by atomic mass is 10.0. The number of amides is 1. The largest absolute Gasteiger partial charge is 0.338 e. The molecule has 1 rings (SSSR count). The van der Waals surface area contributed by atoms with E-state index < -0.39 is 0 Å². The second kappa shape index (κ2) is 7.60. The fraction of sp³-hybridized carbons (Fsp3) is 0.857. The molecule has 0 aromatic rings. The van der Waals surface area contributed by atoms with E-state index in [1.807, 2.05) is 19.0 Å². The quantitative estimate of drug-likeness (QED) is 0.657. The first-order chi connectivity index (χ1) is 8.90. The molecule has 1 amide bonds. The summed E-state index contributed by atoms with van der Waals surface area (Å²) in [6.45, 7) is 5.09. The maximum Gasteiger partial charge on any atom is 0.230 e. The monoisotopic (exact) mass is 269 g/mol. The minimum Gasteiger partial charge on any atom is -0.338 e. The minimum absolute atomic E-state index is 0.0103. The zero-order valence-electron chi connectivity index (χ0n) is 12.7. The van der Waals surface area contributed by atoms with Gasteiger partial charge in [-0.15, -0.1) is 0 Å². The highest BCUT2D eigenvalue weighted by molar-refractivity contribution is 5.96. The molecule has 1 fully saturated rings. The van der Waals surface area contributed by atoms with Crippen molar-refractivity contribution in [3.63, 3.8) is 0 Å². The summed E-state index contributed by atoms with van der Waals surface area (Å²) in [6.07, 6.45) is 2.06. The van der Waals surface area contributed by atoms with E-state index >= 15 is 0 Å². The number of Topliss-reactive ketones (excluding diaryl/α,β-unsaturated/α-hetero) is 1. The topological polar surface area (TPSA) is 43.9 Å². The molecular formula is C14H27N3O2. The van der Waals surface area contributed by atoms with Gasteiger partial charge in [-0.25, -0.2) is 0 Å². The third-order valence-corrected chi connectivity index (χ3v) is 3.64. The van der Waals surface area contributed by atoms with Crippen molar-refractivity contribution in [1.82, 2.24) is 14.7 Å². The van der Waals surface area contributed by atoms with Gasteiger partial charge in [-0.05, 0) is 54.0 Å². The standard InChI is InChI=1S/C14H27N3O2/c1-12(18)11-14(19)17(10-9-15(2)3)13-5-7-16(4)8-6-13/h13H,5-11H2,1-4H3. The van der Waals surface area contributed by atoms with Crippen LogP contribution in [0.25, 0.3) is 0 Å². The number of piperidine rings is 1. The maximum absolute atomic E-state index is 12.2. The molecule has 0 atom stereocenters. The van der Waals surface area contributed by atoms with Crippen molar-refractivity contribution in [2.75, 3.05) is 47.3 Å². The van der Waals surface area contributed by atoms with Crippen molar-refractivity contribution in [3.8, 4) is 0 Å². The highest BCUT2D eigenvalue weighted by atomic mass is 16.2. The van der Waals surface area contributed by atoms with Gasteiger partial charge in [-0.1, -0.05) is 0 Å². The van der Waals surface area contributed by atoms with Crippen molar-refractivity contribution in [3.05, 3.63) is 0 Å². The number of rotatable bonds is 6. The zero-order chi connectivity index (χ0) is 14.4. The van der Waals surface area contributed by atoms with Crippen LogP contribution in [0.3, 0.4) is 0 Å². The Morgan fingerprint density at radius 2 is 1.74 bits per heavy atom. The van der Waals surface area contributed by atoms with Crippen LogP contribution in [0.2, 0.25) is 0 Å². The Hall–Kier alpha value is -0.940. The number of ketones is 1. The first kappa shape index (κ1) is 16.1. The summed E-state index contributed by atoms with van der Waals surface area (Å²) in [5.41, 5.74) is 0. The van der Waals surface area contributed by atoms with Gasteiger partial charge in [-0.3, -0.25) is 9.59 Å². The summed E-state index contributed by atoms with van der Waals surface area (Å²) in [5.74, 6) is -0.0586. The van der Waals surface area contributed by atoms with Gasteiger partial charge in [-0.2, -0.15) is 0 Å². The van der Waals surface area contributed by atoms with Crippen LogP contribution in [0.5, 0.6) is 0 Å². The average molecular weight is 269 g/mol. The SMILES string of the molecule is CC(=O)CC(=O)N(CCN(C)C)C1CCN(C)CC1. The van der Waals surface area contributed by atoms with Crippen LogP contribution < -0.4 is 0 Å². The van der Waals surface area contributed by atoms with Crippen molar-refractivity contribution in [1.29, 1.82) is 0 Å². The number of nitrogens with zero attached hydrogens (tertiary/aromatic N) is 3. The number of likely N-dealkylation sites (N-methyl/N-ethyl adjacent to an activating group) is 1. The molecule has 0 unspecified atom stereocenters. The van der Waals surface area contributed by atoms with Crippen LogP contribution in [-0.4, -0.2) is 79.8 Å². The van der Waals surface area contributed by atoms with Crippen LogP contribution >= 0.6 is 0 Å². The van der Waals surface area contributed by atoms with Crippen molar-refractivity contribution < 1.29 is 9.59 Å². The second-order valence-corrected chi connectivity index (χ2v) is 5.80. The lowest BCUT2D eigenvalue weighted by Gasteiger charge is -2.37. The molecule has 0 aliphatic carbocycles. The van der Waals surface area contributed by atoms with Gasteiger partial charge in [0.15, 0.2) is 0 Å². The molecule has 1 aliphatic rings. The fourth-order valence-electron chi connectivity index (χ4n) is 2.44. The van der Waals surface area contributed by atoms with Crippen molar-refractivity contribution in [2.45, 2.75) is 32.2 Å². The number of carbonyl (C=O) groups is 2. The summed E-state index contributed by atoms with van der Waals surface area (Å²) in [5, 5.41) is 0. The molecule has 110 valence electrons. The van der Waals surface area contributed by atoms with Crippen LogP contribution in [-0.2, 0) is 9.59 Å². The Morgan fingerprint density at radius 3 is 2.21 bits per heavy atom. The molecule has 5 nitrogen and oxygen atoms in total. The summed E-state index contributed by atoms with van der Waals surface area (Å²) in [4.78, 5) is 29.7. The normalized spacial score (nSPS) is 17.7. The minimum atomic E-state index is -0.0484. The van der Waals surface area contributed by atoms with Crippen LogP contribution in [0.15, 0.2) is 0 Å². The molecule has 0 bridgehead atoms. The molecular weight excluding hydrogens is 242 g/mol. The highest BCUT2D eigenvalue weighted by Crippen LogP contribution is 2.16. The van der Waals surface area contributed by atoms with E-state index in [2.05, 4.69) is 16.8 Å². The molecule has 1 saturated heterocycles. The maximum atomic E-state index is 12.2. The lowest BCUT2D eigenvalue weighted by Crippen LogP contribution is -2.49. The Balaban J connectivity index is 2.62. The Morgan fingerprint density at radius 1 is 1.16 bits per heavy atom. The first-order valence-electron chi connectivity index (χ1n) is 7.02. The van der Waals surface area contributed by atoms with Gasteiger partial charge in [0.2, 0.25) is 5.91 Å². The van der Waals surface area contributed by atoms with Crippen molar-refractivity contribution in [2.24, 2.45) is 0 Å². The number of likely N-dealkylation sites (tertiary alicyclic amines) is 1. The summed E-state index contributed by atoms with van der Waals surface area (Å²) < 4.78 is 0. The molecule has 5 heteroatoms. The van der Waals surface area contributed by atoms with E-state index in [1.165, 1.54) is 6.92 Å². The van der Waals surface area contributed by atoms with Crippen LogP contribution in [0.4, 0.5) is 0 Å². The predicted molar refractivity (Wildman–Crippen MR) is 76.1 cm³/mol. The summed E-state index contributed by atoms with van der Waals surface area (Å²) in [6, 6.07) is 0.294. The smallest absolute Gasteiger partial charge is 0.230 e. The van der Waals surface area contributed by atoms with E-state index in [0.717, 1.165) is 32.5 Å². The van der Waals surface area contributed by atoms with E-state index in [4.69, 9.17) is 0 Å². The molecule has 1 aliphatic heterocycles. The molecule has 0 N–H and O–H groups in total. The predicted octanol–water partition coefficient (Wildman–Crippen LogP) is 0.450. The molecule has 0 aromatic carbocycles. The van der Waals surface area contributed by atoms with Crippen LogP contribution in [0, 0.1) is 0 Å². The van der Waals surface area contributed by atoms with Gasteiger partial charge in [0.1, 0.15) is 5.78 Å². The Bertz CT molecular complexity index is 310. The van der Waals surface area contributed by atoms with Crippen molar-refractivity contribution >= 4 is 11.7 Å². The highest BCUT2D eigenvalue weighted by Gasteiger charge is 2.27. The van der Waals surface area contributed by atoms with E-state index in [1.54, 1.807) is 0 Å². The Labute approximate surface area is 116 Å². The van der Waals surface area contributed by atoms with Gasteiger partial charge in [0.25, 0.3) is 0 Å². The van der Waals surface area contributed by atoms with Gasteiger partial charge in [0, 0.05) is 19.1 Å². The summed E-state index contributed by atoms with van der Waals surface area (Å²) >= 11 is 0. The summed E-state index contributed by atoms with van der Waals surface area (Å²) in [7, 11) is 6.11. The van der Waals surface area contributed by atoms with Gasteiger partial charge >= 0.3 is 0 Å². The molecule has 1 heterocycles. The van der Waals surface area contributed by atoms with Gasteiger partial charge in [0.05, 0.1) is 6.42 Å². The van der Waals surface area contributed by atoms with E-state index in [9.17, 15) is 9.59 Å². The second-order valence-electron chi connectivity index (χ2n) is 5.80. The Kier molecular flexibility index (Phi) is 6.45. The molecule has 0 saturated carbocycles. The fourth-order valence-corrected chi connectivity index (χ4v) is 2.44. The average Bonchev–Trinajstić information content (AvgIpc) is 2.30. The zero-order valence-corrected chi connectivity index (χ0v) is 12.7. The number of hydrogen-bond donors (Lipinski definition) is 0. The molecule has 0 aromatic heterocycles. The lowest BCUT2D eigenvalue weighted by molar-refractivity contribution is -0.137. The molecule has 19 heavy (non-hydrogen) atoms. The molecule has 0 radical (unpaired) electrons. The third-order valence-electron chi connectivity index (χ3n) is 3.64. The number of hydrogen-bond acceptors (Lipinski definition) is 4. The van der Waals surface area contributed by atoms with E-state index in [-0.39, 0.29) is 18.1 Å². The third kappa shape index (κ3) is 5.70.